The van der Waals surface area contributed by atoms with E-state index in [0.29, 0.717) is 0 Å². The maximum Gasteiger partial charge on any atom is 0.0134 e. The highest BCUT2D eigenvalue weighted by Crippen LogP contribution is 2.28. The van der Waals surface area contributed by atoms with E-state index in [1.54, 1.807) is 0 Å². The Bertz CT molecular complexity index is 271. The fourth-order valence-electron chi connectivity index (χ4n) is 4.01. The Labute approximate surface area is 165 Å². The standard InChI is InChI=1S/C23H45N.ClH/c1-2-3-16-21-24-22-17-11-9-7-5-4-6-8-10-13-18-23-19-14-12-15-20-23;/h3,16,23-24H,2,4-15,17-22H2,1H3;1H. The minimum atomic E-state index is 0. The molecule has 2 heteroatoms. The van der Waals surface area contributed by atoms with Crippen LogP contribution in [0.2, 0.25) is 0 Å². The molecule has 1 saturated carbocycles. The predicted molar refractivity (Wildman–Crippen MR) is 117 cm³/mol. The van der Waals surface area contributed by atoms with Gasteiger partial charge >= 0.3 is 0 Å². The van der Waals surface area contributed by atoms with Gasteiger partial charge in [0.2, 0.25) is 0 Å². The molecule has 0 spiro atoms. The first kappa shape index (κ1) is 25.0. The Morgan fingerprint density at radius 1 is 0.720 bits per heavy atom. The van der Waals surface area contributed by atoms with E-state index in [2.05, 4.69) is 24.4 Å². The normalized spacial score (nSPS) is 15.6. The summed E-state index contributed by atoms with van der Waals surface area (Å²) in [4.78, 5) is 0. The van der Waals surface area contributed by atoms with Crippen LogP contribution in [0.3, 0.4) is 0 Å². The Hall–Kier alpha value is -0.0100. The van der Waals surface area contributed by atoms with Gasteiger partial charge in [0.25, 0.3) is 0 Å². The van der Waals surface area contributed by atoms with Gasteiger partial charge in [0.15, 0.2) is 0 Å². The first-order chi connectivity index (χ1) is 11.9. The van der Waals surface area contributed by atoms with Crippen LogP contribution in [0.1, 0.15) is 116 Å². The number of hydrogen-bond acceptors (Lipinski definition) is 1. The summed E-state index contributed by atoms with van der Waals surface area (Å²) in [5, 5.41) is 3.49. The van der Waals surface area contributed by atoms with E-state index in [-0.39, 0.29) is 12.4 Å². The lowest BCUT2D eigenvalue weighted by molar-refractivity contribution is 0.328. The fraction of sp³-hybridized carbons (Fsp3) is 0.913. The maximum absolute atomic E-state index is 3.49. The lowest BCUT2D eigenvalue weighted by Gasteiger charge is -2.21. The third kappa shape index (κ3) is 17.2. The van der Waals surface area contributed by atoms with E-state index in [9.17, 15) is 0 Å². The second-order valence-corrected chi connectivity index (χ2v) is 7.91. The van der Waals surface area contributed by atoms with Gasteiger partial charge < -0.3 is 5.32 Å². The molecule has 0 aromatic carbocycles. The summed E-state index contributed by atoms with van der Waals surface area (Å²) in [5.41, 5.74) is 0. The van der Waals surface area contributed by atoms with Gasteiger partial charge in [-0.2, -0.15) is 0 Å². The third-order valence-electron chi connectivity index (χ3n) is 5.61. The molecule has 0 radical (unpaired) electrons. The molecule has 150 valence electrons. The largest absolute Gasteiger partial charge is 0.313 e. The molecule has 1 N–H and O–H groups in total. The van der Waals surface area contributed by atoms with E-state index < -0.39 is 0 Å². The Morgan fingerprint density at radius 2 is 1.28 bits per heavy atom. The molecular formula is C23H46ClN. The van der Waals surface area contributed by atoms with Gasteiger partial charge in [-0.25, -0.2) is 0 Å². The van der Waals surface area contributed by atoms with Crippen molar-refractivity contribution >= 4 is 12.4 Å². The number of halogens is 1. The lowest BCUT2D eigenvalue weighted by Crippen LogP contribution is -2.14. The molecule has 1 aliphatic rings. The van der Waals surface area contributed by atoms with Gasteiger partial charge in [-0.1, -0.05) is 115 Å². The van der Waals surface area contributed by atoms with Crippen LogP contribution in [-0.4, -0.2) is 13.1 Å². The highest BCUT2D eigenvalue weighted by atomic mass is 35.5. The summed E-state index contributed by atoms with van der Waals surface area (Å²) >= 11 is 0. The van der Waals surface area contributed by atoms with E-state index in [1.807, 2.05) is 0 Å². The van der Waals surface area contributed by atoms with Crippen LogP contribution in [0.4, 0.5) is 0 Å². The van der Waals surface area contributed by atoms with E-state index >= 15 is 0 Å². The summed E-state index contributed by atoms with van der Waals surface area (Å²) in [6, 6.07) is 0. The molecule has 0 bridgehead atoms. The Balaban J connectivity index is 0.00000576. The smallest absolute Gasteiger partial charge is 0.0134 e. The zero-order chi connectivity index (χ0) is 17.1. The molecule has 0 atom stereocenters. The molecule has 0 amide bonds. The second kappa shape index (κ2) is 20.3. The quantitative estimate of drug-likeness (QED) is 0.215. The molecule has 0 unspecified atom stereocenters. The van der Waals surface area contributed by atoms with E-state index in [0.717, 1.165) is 18.9 Å². The number of unbranched alkanes of at least 4 members (excludes halogenated alkanes) is 9. The SMILES string of the molecule is CCC=CCNCCCCCCCCCCCCC1CCCCC1.Cl. The molecule has 0 aromatic rings. The summed E-state index contributed by atoms with van der Waals surface area (Å²) in [7, 11) is 0. The van der Waals surface area contributed by atoms with Gasteiger partial charge in [0, 0.05) is 6.54 Å². The van der Waals surface area contributed by atoms with Gasteiger partial charge in [-0.05, 0) is 25.3 Å². The molecule has 0 aromatic heterocycles. The lowest BCUT2D eigenvalue weighted by atomic mass is 9.85. The first-order valence-electron chi connectivity index (χ1n) is 11.3. The zero-order valence-electron chi connectivity index (χ0n) is 17.1. The van der Waals surface area contributed by atoms with Crippen LogP contribution in [0.5, 0.6) is 0 Å². The number of nitrogens with one attached hydrogen (secondary N) is 1. The number of allylic oxidation sites excluding steroid dienone is 1. The van der Waals surface area contributed by atoms with Crippen LogP contribution < -0.4 is 5.32 Å². The Kier molecular flexibility index (Phi) is 20.3. The van der Waals surface area contributed by atoms with Crippen molar-refractivity contribution in [3.05, 3.63) is 12.2 Å². The minimum absolute atomic E-state index is 0. The van der Waals surface area contributed by atoms with Crippen molar-refractivity contribution in [3.63, 3.8) is 0 Å². The van der Waals surface area contributed by atoms with Crippen LogP contribution in [0.15, 0.2) is 12.2 Å². The fourth-order valence-corrected chi connectivity index (χ4v) is 4.01. The average Bonchev–Trinajstić information content (AvgIpc) is 2.62. The molecule has 25 heavy (non-hydrogen) atoms. The van der Waals surface area contributed by atoms with Crippen molar-refractivity contribution in [2.45, 2.75) is 116 Å². The minimum Gasteiger partial charge on any atom is -0.313 e. The number of hydrogen-bond donors (Lipinski definition) is 1. The average molecular weight is 372 g/mol. The topological polar surface area (TPSA) is 12.0 Å². The zero-order valence-corrected chi connectivity index (χ0v) is 17.9. The van der Waals surface area contributed by atoms with Crippen molar-refractivity contribution in [2.75, 3.05) is 13.1 Å². The summed E-state index contributed by atoms with van der Waals surface area (Å²) in [6.07, 6.45) is 29.3. The van der Waals surface area contributed by atoms with E-state index in [4.69, 9.17) is 0 Å². The van der Waals surface area contributed by atoms with Crippen molar-refractivity contribution in [1.29, 1.82) is 0 Å². The van der Waals surface area contributed by atoms with Crippen molar-refractivity contribution in [3.8, 4) is 0 Å². The van der Waals surface area contributed by atoms with Gasteiger partial charge in [-0.15, -0.1) is 12.4 Å². The van der Waals surface area contributed by atoms with Crippen molar-refractivity contribution < 1.29 is 0 Å². The highest BCUT2D eigenvalue weighted by Gasteiger charge is 2.12. The molecule has 0 saturated heterocycles. The Morgan fingerprint density at radius 3 is 1.88 bits per heavy atom. The molecular weight excluding hydrogens is 326 g/mol. The number of rotatable bonds is 16. The molecule has 0 aliphatic heterocycles. The van der Waals surface area contributed by atoms with Gasteiger partial charge in [0.05, 0.1) is 0 Å². The third-order valence-corrected chi connectivity index (χ3v) is 5.61. The molecule has 1 nitrogen and oxygen atoms in total. The monoisotopic (exact) mass is 371 g/mol. The van der Waals surface area contributed by atoms with Gasteiger partial charge in [0.1, 0.15) is 0 Å². The highest BCUT2D eigenvalue weighted by molar-refractivity contribution is 5.85. The summed E-state index contributed by atoms with van der Waals surface area (Å²) < 4.78 is 0. The maximum atomic E-state index is 3.49. The molecule has 0 heterocycles. The second-order valence-electron chi connectivity index (χ2n) is 7.91. The summed E-state index contributed by atoms with van der Waals surface area (Å²) in [6.45, 7) is 4.43. The van der Waals surface area contributed by atoms with Crippen molar-refractivity contribution in [2.24, 2.45) is 5.92 Å². The van der Waals surface area contributed by atoms with Crippen LogP contribution in [-0.2, 0) is 0 Å². The molecule has 1 aliphatic carbocycles. The summed E-state index contributed by atoms with van der Waals surface area (Å²) in [5.74, 6) is 1.09. The first-order valence-corrected chi connectivity index (χ1v) is 11.3. The van der Waals surface area contributed by atoms with Crippen molar-refractivity contribution in [1.82, 2.24) is 5.32 Å². The van der Waals surface area contributed by atoms with Crippen LogP contribution >= 0.6 is 12.4 Å². The van der Waals surface area contributed by atoms with Crippen LogP contribution in [0.25, 0.3) is 0 Å². The van der Waals surface area contributed by atoms with Crippen LogP contribution in [0, 0.1) is 5.92 Å². The molecule has 1 fully saturated rings. The van der Waals surface area contributed by atoms with E-state index in [1.165, 1.54) is 109 Å². The van der Waals surface area contributed by atoms with Gasteiger partial charge in [-0.3, -0.25) is 0 Å². The molecule has 1 rings (SSSR count). The predicted octanol–water partition coefficient (Wildman–Crippen LogP) is 7.84.